The van der Waals surface area contributed by atoms with Crippen molar-refractivity contribution in [3.63, 3.8) is 0 Å². The minimum atomic E-state index is -0.861. The van der Waals surface area contributed by atoms with Crippen molar-refractivity contribution in [2.45, 2.75) is 77.3 Å². The molecule has 6 heteroatoms. The Labute approximate surface area is 178 Å². The Hall–Kier alpha value is -2.37. The van der Waals surface area contributed by atoms with Gasteiger partial charge in [0.05, 0.1) is 6.04 Å². The molecule has 30 heavy (non-hydrogen) atoms. The van der Waals surface area contributed by atoms with E-state index in [1.165, 1.54) is 24.0 Å². The lowest BCUT2D eigenvalue weighted by Gasteiger charge is -2.42. The normalized spacial score (nSPS) is 29.5. The summed E-state index contributed by atoms with van der Waals surface area (Å²) in [6.07, 6.45) is 7.54. The van der Waals surface area contributed by atoms with E-state index in [4.69, 9.17) is 0 Å². The third kappa shape index (κ3) is 3.50. The number of imide groups is 1. The molecule has 4 amide bonds. The Morgan fingerprint density at radius 1 is 1.13 bits per heavy atom. The van der Waals surface area contributed by atoms with Gasteiger partial charge < -0.3 is 10.6 Å². The first-order valence-electron chi connectivity index (χ1n) is 11.4. The topological polar surface area (TPSA) is 78.5 Å². The lowest BCUT2D eigenvalue weighted by molar-refractivity contribution is -0.139. The smallest absolute Gasteiger partial charge is 0.325 e. The molecule has 1 aromatic rings. The Morgan fingerprint density at radius 2 is 1.80 bits per heavy atom. The molecule has 2 N–H and O–H groups in total. The summed E-state index contributed by atoms with van der Waals surface area (Å²) < 4.78 is 0. The van der Waals surface area contributed by atoms with Crippen molar-refractivity contribution in [1.82, 2.24) is 15.5 Å². The molecule has 3 aliphatic rings. The SMILES string of the molecule is CC(NC(=O)CN1C(=O)NC2(C1=O)C(C)CCCC2C)c1ccc2c(c1)CCCC2. The van der Waals surface area contributed by atoms with E-state index in [0.717, 1.165) is 42.6 Å². The number of aryl methyl sites for hydroxylation is 2. The molecule has 6 nitrogen and oxygen atoms in total. The van der Waals surface area contributed by atoms with Crippen LogP contribution < -0.4 is 10.6 Å². The van der Waals surface area contributed by atoms with Crippen LogP contribution in [0.1, 0.15) is 75.6 Å². The second-order valence-electron chi connectivity index (χ2n) is 9.45. The van der Waals surface area contributed by atoms with E-state index in [1.807, 2.05) is 20.8 Å². The highest BCUT2D eigenvalue weighted by atomic mass is 16.2. The maximum atomic E-state index is 13.2. The highest BCUT2D eigenvalue weighted by Gasteiger charge is 2.58. The van der Waals surface area contributed by atoms with Gasteiger partial charge in [-0.3, -0.25) is 14.5 Å². The first kappa shape index (κ1) is 20.9. The zero-order valence-electron chi connectivity index (χ0n) is 18.3. The standard InChI is InChI=1S/C24H33N3O3/c1-15-7-6-8-16(2)24(15)22(29)27(23(30)26-24)14-21(28)25-17(3)19-12-11-18-9-4-5-10-20(18)13-19/h11-13,15-17H,4-10,14H2,1-3H3,(H,25,28)(H,26,30). The number of nitrogens with zero attached hydrogens (tertiary/aromatic N) is 1. The number of hydrogen-bond donors (Lipinski definition) is 2. The van der Waals surface area contributed by atoms with E-state index < -0.39 is 11.6 Å². The van der Waals surface area contributed by atoms with Gasteiger partial charge in [0.1, 0.15) is 12.1 Å². The molecular formula is C24H33N3O3. The second kappa shape index (κ2) is 8.05. The zero-order chi connectivity index (χ0) is 21.5. The molecule has 162 valence electrons. The van der Waals surface area contributed by atoms with Crippen LogP contribution >= 0.6 is 0 Å². The fourth-order valence-corrected chi connectivity index (χ4v) is 5.63. The van der Waals surface area contributed by atoms with E-state index in [1.54, 1.807) is 0 Å². The van der Waals surface area contributed by atoms with Crippen molar-refractivity contribution in [3.8, 4) is 0 Å². The van der Waals surface area contributed by atoms with E-state index >= 15 is 0 Å². The number of carbonyl (C=O) groups is 3. The fourth-order valence-electron chi connectivity index (χ4n) is 5.63. The monoisotopic (exact) mass is 411 g/mol. The minimum Gasteiger partial charge on any atom is -0.348 e. The number of fused-ring (bicyclic) bond motifs is 1. The number of carbonyl (C=O) groups excluding carboxylic acids is 3. The van der Waals surface area contributed by atoms with Gasteiger partial charge in [-0.25, -0.2) is 4.79 Å². The number of amides is 4. The molecule has 3 atom stereocenters. The molecule has 4 rings (SSSR count). The van der Waals surface area contributed by atoms with Crippen molar-refractivity contribution >= 4 is 17.8 Å². The van der Waals surface area contributed by atoms with Crippen molar-refractivity contribution in [2.75, 3.05) is 6.54 Å². The predicted octanol–water partition coefficient (Wildman–Crippen LogP) is 3.49. The van der Waals surface area contributed by atoms with Crippen LogP contribution in [0.3, 0.4) is 0 Å². The molecule has 1 saturated heterocycles. The Morgan fingerprint density at radius 3 is 2.50 bits per heavy atom. The van der Waals surface area contributed by atoms with Crippen LogP contribution in [-0.2, 0) is 22.4 Å². The number of nitrogens with one attached hydrogen (secondary N) is 2. The largest absolute Gasteiger partial charge is 0.348 e. The highest BCUT2D eigenvalue weighted by molar-refractivity contribution is 6.09. The molecule has 1 aromatic carbocycles. The summed E-state index contributed by atoms with van der Waals surface area (Å²) in [5.74, 6) is -0.416. The van der Waals surface area contributed by atoms with Crippen LogP contribution in [0.5, 0.6) is 0 Å². The van der Waals surface area contributed by atoms with Gasteiger partial charge in [0.15, 0.2) is 0 Å². The summed E-state index contributed by atoms with van der Waals surface area (Å²) in [7, 11) is 0. The van der Waals surface area contributed by atoms with Gasteiger partial charge in [-0.2, -0.15) is 0 Å². The average Bonchev–Trinajstić information content (AvgIpc) is 2.97. The van der Waals surface area contributed by atoms with Crippen molar-refractivity contribution < 1.29 is 14.4 Å². The van der Waals surface area contributed by atoms with Gasteiger partial charge in [0.2, 0.25) is 5.91 Å². The Kier molecular flexibility index (Phi) is 5.60. The molecular weight excluding hydrogens is 378 g/mol. The molecule has 2 fully saturated rings. The third-order valence-electron chi connectivity index (χ3n) is 7.54. The van der Waals surface area contributed by atoms with Gasteiger partial charge in [-0.1, -0.05) is 38.5 Å². The second-order valence-corrected chi connectivity index (χ2v) is 9.45. The van der Waals surface area contributed by atoms with Gasteiger partial charge in [-0.05, 0) is 74.0 Å². The van der Waals surface area contributed by atoms with Crippen molar-refractivity contribution in [1.29, 1.82) is 0 Å². The van der Waals surface area contributed by atoms with E-state index in [0.29, 0.717) is 0 Å². The van der Waals surface area contributed by atoms with Crippen LogP contribution in [0, 0.1) is 11.8 Å². The fraction of sp³-hybridized carbons (Fsp3) is 0.625. The first-order valence-corrected chi connectivity index (χ1v) is 11.4. The van der Waals surface area contributed by atoms with Crippen molar-refractivity contribution in [2.24, 2.45) is 11.8 Å². The zero-order valence-corrected chi connectivity index (χ0v) is 18.3. The summed E-state index contributed by atoms with van der Waals surface area (Å²) in [6.45, 7) is 5.76. The van der Waals surface area contributed by atoms with E-state index in [9.17, 15) is 14.4 Å². The third-order valence-corrected chi connectivity index (χ3v) is 7.54. The maximum absolute atomic E-state index is 13.2. The molecule has 1 heterocycles. The average molecular weight is 412 g/mol. The summed E-state index contributed by atoms with van der Waals surface area (Å²) in [4.78, 5) is 39.7. The Bertz CT molecular complexity index is 855. The highest BCUT2D eigenvalue weighted by Crippen LogP contribution is 2.42. The van der Waals surface area contributed by atoms with Gasteiger partial charge in [0, 0.05) is 0 Å². The van der Waals surface area contributed by atoms with Gasteiger partial charge in [0.25, 0.3) is 5.91 Å². The summed E-state index contributed by atoms with van der Waals surface area (Å²) in [6, 6.07) is 5.81. The van der Waals surface area contributed by atoms with E-state index in [-0.39, 0.29) is 36.2 Å². The van der Waals surface area contributed by atoms with Gasteiger partial charge in [-0.15, -0.1) is 0 Å². The molecule has 0 bridgehead atoms. The van der Waals surface area contributed by atoms with Crippen LogP contribution in [0.2, 0.25) is 0 Å². The van der Waals surface area contributed by atoms with Gasteiger partial charge >= 0.3 is 6.03 Å². The number of urea groups is 1. The summed E-state index contributed by atoms with van der Waals surface area (Å²) in [5, 5.41) is 5.92. The maximum Gasteiger partial charge on any atom is 0.325 e. The number of hydrogen-bond acceptors (Lipinski definition) is 3. The number of rotatable bonds is 4. The van der Waals surface area contributed by atoms with Crippen LogP contribution in [0.25, 0.3) is 0 Å². The van der Waals surface area contributed by atoms with Crippen LogP contribution in [-0.4, -0.2) is 34.8 Å². The molecule has 1 aliphatic heterocycles. The summed E-state index contributed by atoms with van der Waals surface area (Å²) >= 11 is 0. The lowest BCUT2D eigenvalue weighted by atomic mass is 9.67. The molecule has 2 aliphatic carbocycles. The van der Waals surface area contributed by atoms with E-state index in [2.05, 4.69) is 28.8 Å². The quantitative estimate of drug-likeness (QED) is 0.745. The lowest BCUT2D eigenvalue weighted by Crippen LogP contribution is -2.59. The first-order chi connectivity index (χ1) is 14.3. The predicted molar refractivity (Wildman–Crippen MR) is 115 cm³/mol. The molecule has 1 saturated carbocycles. The summed E-state index contributed by atoms with van der Waals surface area (Å²) in [5.41, 5.74) is 2.98. The van der Waals surface area contributed by atoms with Crippen molar-refractivity contribution in [3.05, 3.63) is 34.9 Å². The molecule has 1 spiro atoms. The van der Waals surface area contributed by atoms with Crippen LogP contribution in [0.15, 0.2) is 18.2 Å². The number of benzene rings is 1. The van der Waals surface area contributed by atoms with Crippen LogP contribution in [0.4, 0.5) is 4.79 Å². The molecule has 0 radical (unpaired) electrons. The molecule has 0 aromatic heterocycles. The Balaban J connectivity index is 1.42. The molecule has 3 unspecified atom stereocenters. The minimum absolute atomic E-state index is 0.0696.